The summed E-state index contributed by atoms with van der Waals surface area (Å²) < 4.78 is 10.0. The molecule has 0 N–H and O–H groups in total. The predicted octanol–water partition coefficient (Wildman–Crippen LogP) is -1.24. The van der Waals surface area contributed by atoms with Gasteiger partial charge in [0.1, 0.15) is 0 Å². The SMILES string of the molecule is [In+3].[In+3].[N-2][O][Sn].[N-2][O][Sn].[N-2][O][Sn]. The van der Waals surface area contributed by atoms with Crippen molar-refractivity contribution < 1.29 is 9.52 Å². The van der Waals surface area contributed by atoms with Crippen LogP contribution in [-0.4, -0.2) is 121 Å². The summed E-state index contributed by atoms with van der Waals surface area (Å²) >= 11 is 2.07. The van der Waals surface area contributed by atoms with E-state index in [-0.39, 0.29) is 51.7 Å². The number of rotatable bonds is 0. The average molecular weight is 676 g/mol. The third kappa shape index (κ3) is 130. The third-order valence-electron chi connectivity index (χ3n) is 0. The van der Waals surface area contributed by atoms with Crippen molar-refractivity contribution in [3.05, 3.63) is 17.7 Å². The first-order valence-electron chi connectivity index (χ1n) is 1.16. The van der Waals surface area contributed by atoms with Crippen LogP contribution < -0.4 is 0 Å². The molecule has 0 aromatic carbocycles. The molecule has 0 aromatic rings. The van der Waals surface area contributed by atoms with Gasteiger partial charge in [-0.2, -0.15) is 0 Å². The van der Waals surface area contributed by atoms with Crippen molar-refractivity contribution >= 4 is 121 Å². The van der Waals surface area contributed by atoms with E-state index in [2.05, 4.69) is 9.52 Å². The maximum atomic E-state index is 7.11. The average Bonchev–Trinajstić information content (AvgIpc) is 1.70. The molecule has 0 fully saturated rings. The van der Waals surface area contributed by atoms with Gasteiger partial charge >= 0.3 is 148 Å². The molecule has 0 heterocycles. The van der Waals surface area contributed by atoms with Crippen LogP contribution in [0.2, 0.25) is 0 Å². The molecule has 0 saturated heterocycles. The molecule has 0 bridgehead atoms. The summed E-state index contributed by atoms with van der Waals surface area (Å²) in [6.07, 6.45) is 0. The van der Waals surface area contributed by atoms with Crippen molar-refractivity contribution in [3.63, 3.8) is 0 Å². The Morgan fingerprint density at radius 1 is 0.636 bits per heavy atom. The Bertz CT molecular complexity index is 26.5. The molecular weight excluding hydrogens is 676 g/mol. The Labute approximate surface area is 145 Å². The summed E-state index contributed by atoms with van der Waals surface area (Å²) in [5, 5.41) is 0. The molecule has 0 spiro atoms. The Balaban J connectivity index is -0.0000000150. The molecule has 11 heavy (non-hydrogen) atoms. The quantitative estimate of drug-likeness (QED) is 0.238. The molecule has 51 valence electrons. The molecule has 0 saturated carbocycles. The van der Waals surface area contributed by atoms with Gasteiger partial charge in [-0.1, -0.05) is 0 Å². The zero-order chi connectivity index (χ0) is 8.12. The van der Waals surface area contributed by atoms with Crippen molar-refractivity contribution in [1.82, 2.24) is 0 Å². The molecule has 0 atom stereocenters. The van der Waals surface area contributed by atoms with Crippen molar-refractivity contribution in [2.24, 2.45) is 0 Å². The van der Waals surface area contributed by atoms with Crippen molar-refractivity contribution in [2.45, 2.75) is 0 Å². The molecule has 0 aliphatic carbocycles. The van der Waals surface area contributed by atoms with E-state index in [1.807, 2.05) is 0 Å². The van der Waals surface area contributed by atoms with E-state index >= 15 is 0 Å². The molecule has 0 amide bonds. The van der Waals surface area contributed by atoms with E-state index in [1.54, 1.807) is 0 Å². The van der Waals surface area contributed by atoms with Crippen LogP contribution in [0.3, 0.4) is 0 Å². The van der Waals surface area contributed by atoms with Crippen molar-refractivity contribution in [2.75, 3.05) is 0 Å². The minimum absolute atomic E-state index is 0. The van der Waals surface area contributed by atoms with Gasteiger partial charge in [0.15, 0.2) is 0 Å². The summed E-state index contributed by atoms with van der Waals surface area (Å²) in [5.41, 5.74) is 0. The molecular formula is In2N3O3Sn3. The fourth-order valence-electron chi connectivity index (χ4n) is 0. The topological polar surface area (TPSA) is 94.6 Å². The van der Waals surface area contributed by atoms with Gasteiger partial charge in [-0.15, -0.1) is 0 Å². The van der Waals surface area contributed by atoms with Crippen LogP contribution in [0.5, 0.6) is 0 Å². The first-order valence-corrected chi connectivity index (χ1v) is 4.66. The Morgan fingerprint density at radius 2 is 0.636 bits per heavy atom. The number of hydrogen-bond acceptors (Lipinski definition) is 3. The first kappa shape index (κ1) is 29.4. The van der Waals surface area contributed by atoms with Gasteiger partial charge in [0.05, 0.1) is 0 Å². The second kappa shape index (κ2) is 48.6. The normalized spacial score (nSPS) is 4.91. The Hall–Kier alpha value is 3.90. The summed E-state index contributed by atoms with van der Waals surface area (Å²) in [6, 6.07) is 0. The zero-order valence-corrected chi connectivity index (χ0v) is 20.4. The standard InChI is InChI=1S/2In.3NO.3Sn/c;;3*1-2;;;/q2*+3;3*-3;3*+1. The van der Waals surface area contributed by atoms with Crippen LogP contribution in [0.25, 0.3) is 17.7 Å². The molecule has 9 radical (unpaired) electrons. The van der Waals surface area contributed by atoms with Crippen molar-refractivity contribution in [1.29, 1.82) is 0 Å². The van der Waals surface area contributed by atoms with Crippen LogP contribution in [0.15, 0.2) is 0 Å². The molecule has 6 nitrogen and oxygen atoms in total. The fraction of sp³-hybridized carbons (Fsp3) is 0. The van der Waals surface area contributed by atoms with Crippen LogP contribution in [0, 0.1) is 0 Å². The minimum atomic E-state index is 0. The zero-order valence-electron chi connectivity index (χ0n) is 5.22. The molecule has 0 unspecified atom stereocenters. The maximum absolute atomic E-state index is 7.11. The monoisotopic (exact) mass is 680 g/mol. The van der Waals surface area contributed by atoms with Gasteiger partial charge in [-0.05, 0) is 0 Å². The van der Waals surface area contributed by atoms with Crippen molar-refractivity contribution in [3.8, 4) is 0 Å². The summed E-state index contributed by atoms with van der Waals surface area (Å²) in [4.78, 5) is 0. The van der Waals surface area contributed by atoms with E-state index < -0.39 is 0 Å². The second-order valence-electron chi connectivity index (χ2n) is 0.274. The molecule has 11 heteroatoms. The predicted molar refractivity (Wildman–Crippen MR) is 42.1 cm³/mol. The molecule has 0 aliphatic rings. The second-order valence-corrected chi connectivity index (χ2v) is 1.84. The van der Waals surface area contributed by atoms with Crippen LogP contribution in [0.4, 0.5) is 0 Å². The summed E-state index contributed by atoms with van der Waals surface area (Å²) in [5.74, 6) is 21.3. The summed E-state index contributed by atoms with van der Waals surface area (Å²) in [6.45, 7) is 0. The molecule has 0 aliphatic heterocycles. The van der Waals surface area contributed by atoms with E-state index in [0.717, 1.165) is 0 Å². The molecule has 0 rings (SSSR count). The third-order valence-corrected chi connectivity index (χ3v) is 0. The van der Waals surface area contributed by atoms with Crippen LogP contribution in [0.1, 0.15) is 0 Å². The van der Waals surface area contributed by atoms with Gasteiger partial charge < -0.3 is 0 Å². The molecule has 0 aromatic heterocycles. The van der Waals surface area contributed by atoms with E-state index in [0.29, 0.717) is 68.8 Å². The number of hydrogen-bond donors (Lipinski definition) is 0. The summed E-state index contributed by atoms with van der Waals surface area (Å²) in [7, 11) is 0. The fourth-order valence-corrected chi connectivity index (χ4v) is 0. The van der Waals surface area contributed by atoms with E-state index in [4.69, 9.17) is 17.7 Å². The van der Waals surface area contributed by atoms with Gasteiger partial charge in [0, 0.05) is 0 Å². The first-order chi connectivity index (χ1) is 4.24. The van der Waals surface area contributed by atoms with Gasteiger partial charge in [-0.25, -0.2) is 0 Å². The van der Waals surface area contributed by atoms with Gasteiger partial charge in [-0.3, -0.25) is 0 Å². The Morgan fingerprint density at radius 3 is 0.636 bits per heavy atom. The van der Waals surface area contributed by atoms with E-state index in [1.165, 1.54) is 0 Å². The van der Waals surface area contributed by atoms with E-state index in [9.17, 15) is 0 Å². The van der Waals surface area contributed by atoms with Gasteiger partial charge in [0.25, 0.3) is 0 Å². The van der Waals surface area contributed by atoms with Crippen LogP contribution in [-0.2, 0) is 9.52 Å². The van der Waals surface area contributed by atoms with Crippen LogP contribution >= 0.6 is 0 Å². The Kier molecular flexibility index (Phi) is 130. The number of nitrogens with zero attached hydrogens (tertiary/aromatic N) is 3. The van der Waals surface area contributed by atoms with Gasteiger partial charge in [0.2, 0.25) is 0 Å².